The molecular weight excluding hydrogens is 294 g/mol. The van der Waals surface area contributed by atoms with E-state index in [9.17, 15) is 9.90 Å². The number of aliphatic hydroxyl groups is 1. The predicted octanol–water partition coefficient (Wildman–Crippen LogP) is 0.203. The van der Waals surface area contributed by atoms with Gasteiger partial charge in [-0.05, 0) is 52.1 Å². The summed E-state index contributed by atoms with van der Waals surface area (Å²) < 4.78 is 5.60. The van der Waals surface area contributed by atoms with Gasteiger partial charge in [-0.3, -0.25) is 4.79 Å². The molecule has 0 spiro atoms. The number of likely N-dealkylation sites (tertiary alicyclic amines) is 2. The SMILES string of the molecule is CC1(NCC(=O)N2CCCC2)CCN(CC2OCCC2O)CC1. The Morgan fingerprint density at radius 2 is 1.96 bits per heavy atom. The molecule has 0 radical (unpaired) electrons. The third kappa shape index (κ3) is 4.44. The highest BCUT2D eigenvalue weighted by atomic mass is 16.5. The van der Waals surface area contributed by atoms with Gasteiger partial charge >= 0.3 is 0 Å². The first kappa shape index (κ1) is 17.1. The molecule has 1 amide bonds. The minimum Gasteiger partial charge on any atom is -0.390 e. The van der Waals surface area contributed by atoms with E-state index >= 15 is 0 Å². The van der Waals surface area contributed by atoms with Crippen molar-refractivity contribution in [3.63, 3.8) is 0 Å². The fraction of sp³-hybridized carbons (Fsp3) is 0.941. The molecule has 0 aromatic rings. The molecule has 132 valence electrons. The predicted molar refractivity (Wildman–Crippen MR) is 88.3 cm³/mol. The third-order valence-corrected chi connectivity index (χ3v) is 5.70. The Morgan fingerprint density at radius 3 is 2.57 bits per heavy atom. The van der Waals surface area contributed by atoms with Crippen LogP contribution in [-0.2, 0) is 9.53 Å². The van der Waals surface area contributed by atoms with Crippen LogP contribution in [-0.4, -0.2) is 84.4 Å². The van der Waals surface area contributed by atoms with E-state index in [-0.39, 0.29) is 23.7 Å². The van der Waals surface area contributed by atoms with E-state index in [2.05, 4.69) is 17.1 Å². The lowest BCUT2D eigenvalue weighted by Crippen LogP contribution is -2.55. The van der Waals surface area contributed by atoms with Crippen molar-refractivity contribution in [1.82, 2.24) is 15.1 Å². The second-order valence-corrected chi connectivity index (χ2v) is 7.57. The summed E-state index contributed by atoms with van der Waals surface area (Å²) in [5.74, 6) is 0.244. The normalized spacial score (nSPS) is 31.7. The molecule has 2 atom stereocenters. The molecule has 2 N–H and O–H groups in total. The van der Waals surface area contributed by atoms with Crippen molar-refractivity contribution >= 4 is 5.91 Å². The summed E-state index contributed by atoms with van der Waals surface area (Å²) in [5.41, 5.74) is 0.0427. The van der Waals surface area contributed by atoms with Crippen molar-refractivity contribution in [3.05, 3.63) is 0 Å². The smallest absolute Gasteiger partial charge is 0.236 e. The Hall–Kier alpha value is -0.690. The highest BCUT2D eigenvalue weighted by molar-refractivity contribution is 5.78. The molecule has 23 heavy (non-hydrogen) atoms. The maximum absolute atomic E-state index is 12.2. The van der Waals surface area contributed by atoms with Crippen LogP contribution in [0.25, 0.3) is 0 Å². The summed E-state index contributed by atoms with van der Waals surface area (Å²) >= 11 is 0. The molecule has 3 aliphatic heterocycles. The van der Waals surface area contributed by atoms with Crippen molar-refractivity contribution in [2.24, 2.45) is 0 Å². The van der Waals surface area contributed by atoms with Crippen LogP contribution in [0, 0.1) is 0 Å². The van der Waals surface area contributed by atoms with Gasteiger partial charge in [-0.2, -0.15) is 0 Å². The van der Waals surface area contributed by atoms with Crippen LogP contribution >= 0.6 is 0 Å². The molecule has 0 aromatic heterocycles. The molecule has 3 aliphatic rings. The summed E-state index contributed by atoms with van der Waals surface area (Å²) in [5, 5.41) is 13.4. The maximum Gasteiger partial charge on any atom is 0.236 e. The number of piperidine rings is 1. The summed E-state index contributed by atoms with van der Waals surface area (Å²) in [6.07, 6.45) is 4.78. The lowest BCUT2D eigenvalue weighted by atomic mass is 9.89. The zero-order valence-electron chi connectivity index (χ0n) is 14.3. The number of rotatable bonds is 5. The number of hydrogen-bond donors (Lipinski definition) is 2. The van der Waals surface area contributed by atoms with Gasteiger partial charge in [-0.1, -0.05) is 0 Å². The number of nitrogens with zero attached hydrogens (tertiary/aromatic N) is 2. The number of carbonyl (C=O) groups excluding carboxylic acids is 1. The number of amides is 1. The summed E-state index contributed by atoms with van der Waals surface area (Å²) in [6, 6.07) is 0. The fourth-order valence-corrected chi connectivity index (χ4v) is 3.84. The van der Waals surface area contributed by atoms with Gasteiger partial charge in [0.1, 0.15) is 0 Å². The van der Waals surface area contributed by atoms with Crippen molar-refractivity contribution in [2.45, 2.75) is 56.8 Å². The van der Waals surface area contributed by atoms with Crippen LogP contribution in [0.3, 0.4) is 0 Å². The van der Waals surface area contributed by atoms with E-state index in [4.69, 9.17) is 4.74 Å². The van der Waals surface area contributed by atoms with Gasteiger partial charge in [0.2, 0.25) is 5.91 Å². The van der Waals surface area contributed by atoms with Crippen LogP contribution in [0.15, 0.2) is 0 Å². The molecular formula is C17H31N3O3. The van der Waals surface area contributed by atoms with E-state index in [1.807, 2.05) is 4.90 Å². The van der Waals surface area contributed by atoms with E-state index in [0.29, 0.717) is 13.2 Å². The molecule has 3 saturated heterocycles. The number of hydrogen-bond acceptors (Lipinski definition) is 5. The minimum atomic E-state index is -0.306. The minimum absolute atomic E-state index is 0.0240. The summed E-state index contributed by atoms with van der Waals surface area (Å²) in [6.45, 7) is 8.02. The number of nitrogens with one attached hydrogen (secondary N) is 1. The van der Waals surface area contributed by atoms with E-state index < -0.39 is 0 Å². The summed E-state index contributed by atoms with van der Waals surface area (Å²) in [4.78, 5) is 16.5. The third-order valence-electron chi connectivity index (χ3n) is 5.70. The van der Waals surface area contributed by atoms with Crippen LogP contribution in [0.5, 0.6) is 0 Å². The Kier molecular flexibility index (Phi) is 5.57. The first-order valence-corrected chi connectivity index (χ1v) is 9.11. The number of carbonyl (C=O) groups is 1. The van der Waals surface area contributed by atoms with Crippen LogP contribution in [0.1, 0.15) is 39.0 Å². The lowest BCUT2D eigenvalue weighted by molar-refractivity contribution is -0.129. The van der Waals surface area contributed by atoms with Crippen LogP contribution in [0.4, 0.5) is 0 Å². The molecule has 0 aliphatic carbocycles. The molecule has 0 aromatic carbocycles. The highest BCUT2D eigenvalue weighted by Gasteiger charge is 2.34. The Morgan fingerprint density at radius 1 is 1.26 bits per heavy atom. The average Bonchev–Trinajstić information content (AvgIpc) is 3.20. The van der Waals surface area contributed by atoms with E-state index in [1.165, 1.54) is 0 Å². The fourth-order valence-electron chi connectivity index (χ4n) is 3.84. The van der Waals surface area contributed by atoms with Gasteiger partial charge in [-0.25, -0.2) is 0 Å². The van der Waals surface area contributed by atoms with Gasteiger partial charge in [-0.15, -0.1) is 0 Å². The number of aliphatic hydroxyl groups excluding tert-OH is 1. The van der Waals surface area contributed by atoms with Gasteiger partial charge in [0, 0.05) is 31.8 Å². The molecule has 0 saturated carbocycles. The first-order valence-electron chi connectivity index (χ1n) is 9.11. The van der Waals surface area contributed by atoms with Crippen LogP contribution < -0.4 is 5.32 Å². The Labute approximate surface area is 139 Å². The van der Waals surface area contributed by atoms with Crippen molar-refractivity contribution < 1.29 is 14.6 Å². The largest absolute Gasteiger partial charge is 0.390 e. The zero-order valence-corrected chi connectivity index (χ0v) is 14.3. The Bertz CT molecular complexity index is 404. The standard InChI is InChI=1S/C17H31N3O3/c1-17(18-12-16(22)20-7-2-3-8-20)5-9-19(10-6-17)13-15-14(21)4-11-23-15/h14-15,18,21H,2-13H2,1H3. The molecule has 3 rings (SSSR count). The molecule has 6 nitrogen and oxygen atoms in total. The molecule has 2 unspecified atom stereocenters. The Balaban J connectivity index is 1.39. The van der Waals surface area contributed by atoms with Gasteiger partial charge in [0.15, 0.2) is 0 Å². The van der Waals surface area contributed by atoms with E-state index in [1.54, 1.807) is 0 Å². The molecule has 3 heterocycles. The quantitative estimate of drug-likeness (QED) is 0.756. The number of ether oxygens (including phenoxy) is 1. The zero-order chi connectivity index (χ0) is 16.3. The van der Waals surface area contributed by atoms with Crippen molar-refractivity contribution in [3.8, 4) is 0 Å². The topological polar surface area (TPSA) is 65.0 Å². The molecule has 3 fully saturated rings. The van der Waals surface area contributed by atoms with Crippen LogP contribution in [0.2, 0.25) is 0 Å². The summed E-state index contributed by atoms with van der Waals surface area (Å²) in [7, 11) is 0. The second-order valence-electron chi connectivity index (χ2n) is 7.57. The second kappa shape index (κ2) is 7.47. The first-order chi connectivity index (χ1) is 11.1. The molecule has 0 bridgehead atoms. The average molecular weight is 325 g/mol. The lowest BCUT2D eigenvalue weighted by Gasteiger charge is -2.41. The van der Waals surface area contributed by atoms with Crippen molar-refractivity contribution in [1.29, 1.82) is 0 Å². The highest BCUT2D eigenvalue weighted by Crippen LogP contribution is 2.23. The monoisotopic (exact) mass is 325 g/mol. The van der Waals surface area contributed by atoms with Gasteiger partial charge in [0.05, 0.1) is 18.8 Å². The van der Waals surface area contributed by atoms with Crippen molar-refractivity contribution in [2.75, 3.05) is 45.9 Å². The van der Waals surface area contributed by atoms with Gasteiger partial charge in [0.25, 0.3) is 0 Å². The maximum atomic E-state index is 12.2. The van der Waals surface area contributed by atoms with Gasteiger partial charge < -0.3 is 25.0 Å². The molecule has 6 heteroatoms. The van der Waals surface area contributed by atoms with E-state index in [0.717, 1.165) is 64.8 Å².